The Bertz CT molecular complexity index is 587. The van der Waals surface area contributed by atoms with Gasteiger partial charge in [0.05, 0.1) is 20.3 Å². The summed E-state index contributed by atoms with van der Waals surface area (Å²) in [6, 6.07) is 0.669. The first-order chi connectivity index (χ1) is 19.1. The van der Waals surface area contributed by atoms with Gasteiger partial charge in [0.15, 0.2) is 0 Å². The van der Waals surface area contributed by atoms with E-state index in [-0.39, 0.29) is 18.7 Å². The number of carbonyl (C=O) groups is 2. The van der Waals surface area contributed by atoms with Gasteiger partial charge in [-0.1, -0.05) is 71.1 Å². The lowest BCUT2D eigenvalue weighted by molar-refractivity contribution is -0.140. The lowest BCUT2D eigenvalue weighted by Crippen LogP contribution is -2.43. The van der Waals surface area contributed by atoms with E-state index in [1.165, 1.54) is 64.9 Å². The first-order valence-electron chi connectivity index (χ1n) is 16.1. The molecule has 0 heterocycles. The van der Waals surface area contributed by atoms with Crippen LogP contribution in [0.25, 0.3) is 0 Å². The fourth-order valence-electron chi connectivity index (χ4n) is 5.46. The molecule has 0 aromatic carbocycles. The van der Waals surface area contributed by atoms with Crippen LogP contribution in [0.1, 0.15) is 122 Å². The molecule has 0 aromatic rings. The van der Waals surface area contributed by atoms with Gasteiger partial charge in [0, 0.05) is 38.6 Å². The summed E-state index contributed by atoms with van der Waals surface area (Å²) in [5.41, 5.74) is 0. The van der Waals surface area contributed by atoms with Crippen molar-refractivity contribution >= 4 is 12.1 Å². The van der Waals surface area contributed by atoms with Crippen LogP contribution in [0.3, 0.4) is 0 Å². The highest BCUT2D eigenvalue weighted by atomic mass is 16.5. The second-order valence-electron chi connectivity index (χ2n) is 11.2. The summed E-state index contributed by atoms with van der Waals surface area (Å²) in [6.45, 7) is 8.34. The molecule has 0 saturated heterocycles. The van der Waals surface area contributed by atoms with Crippen molar-refractivity contribution in [3.63, 3.8) is 0 Å². The predicted octanol–water partition coefficient (Wildman–Crippen LogP) is 5.91. The molecular formula is C31H61N3O5. The number of amides is 1. The maximum absolute atomic E-state index is 11.8. The molecule has 0 bridgehead atoms. The number of ether oxygens (including phenoxy) is 2. The quantitative estimate of drug-likeness (QED) is 0.107. The van der Waals surface area contributed by atoms with Gasteiger partial charge in [-0.2, -0.15) is 0 Å². The third-order valence-corrected chi connectivity index (χ3v) is 7.92. The molecule has 39 heavy (non-hydrogen) atoms. The van der Waals surface area contributed by atoms with E-state index in [4.69, 9.17) is 9.47 Å². The van der Waals surface area contributed by atoms with E-state index in [2.05, 4.69) is 22.0 Å². The van der Waals surface area contributed by atoms with Crippen molar-refractivity contribution in [3.05, 3.63) is 0 Å². The molecule has 1 saturated carbocycles. The van der Waals surface area contributed by atoms with Crippen molar-refractivity contribution in [3.8, 4) is 0 Å². The Morgan fingerprint density at radius 3 is 2.23 bits per heavy atom. The van der Waals surface area contributed by atoms with Crippen molar-refractivity contribution in [2.24, 2.45) is 0 Å². The van der Waals surface area contributed by atoms with Gasteiger partial charge in [0.2, 0.25) is 0 Å². The van der Waals surface area contributed by atoms with Crippen LogP contribution in [-0.2, 0) is 14.3 Å². The van der Waals surface area contributed by atoms with E-state index in [0.29, 0.717) is 32.2 Å². The molecular weight excluding hydrogens is 494 g/mol. The van der Waals surface area contributed by atoms with Crippen LogP contribution in [0.2, 0.25) is 0 Å². The van der Waals surface area contributed by atoms with E-state index in [0.717, 1.165) is 77.5 Å². The van der Waals surface area contributed by atoms with Crippen molar-refractivity contribution < 1.29 is 24.2 Å². The van der Waals surface area contributed by atoms with E-state index in [1.807, 2.05) is 0 Å². The summed E-state index contributed by atoms with van der Waals surface area (Å²) in [5, 5.41) is 12.5. The monoisotopic (exact) mass is 555 g/mol. The Morgan fingerprint density at radius 1 is 0.795 bits per heavy atom. The molecule has 1 amide bonds. The Balaban J connectivity index is 2.22. The number of carbonyl (C=O) groups excluding carboxylic acids is 2. The molecule has 0 aromatic heterocycles. The number of unbranched alkanes of at least 4 members (excludes halogenated alkanes) is 9. The summed E-state index contributed by atoms with van der Waals surface area (Å²) in [5.74, 6) is -0.113. The number of aliphatic hydroxyl groups excluding tert-OH is 1. The minimum Gasteiger partial charge on any atom is -0.469 e. The lowest BCUT2D eigenvalue weighted by Gasteiger charge is -2.36. The Kier molecular flexibility index (Phi) is 23.4. The van der Waals surface area contributed by atoms with Crippen LogP contribution >= 0.6 is 0 Å². The topological polar surface area (TPSA) is 91.3 Å². The third kappa shape index (κ3) is 20.2. The number of alkyl carbamates (subject to hydrolysis) is 1. The summed E-state index contributed by atoms with van der Waals surface area (Å²) in [7, 11) is 1.46. The molecule has 8 heteroatoms. The highest BCUT2D eigenvalue weighted by molar-refractivity contribution is 5.69. The maximum Gasteiger partial charge on any atom is 0.407 e. The highest BCUT2D eigenvalue weighted by Gasteiger charge is 2.21. The summed E-state index contributed by atoms with van der Waals surface area (Å²) in [4.78, 5) is 28.3. The average molecular weight is 556 g/mol. The molecule has 0 atom stereocenters. The van der Waals surface area contributed by atoms with Gasteiger partial charge in [-0.15, -0.1) is 0 Å². The van der Waals surface area contributed by atoms with Crippen LogP contribution in [0, 0.1) is 0 Å². The van der Waals surface area contributed by atoms with Gasteiger partial charge >= 0.3 is 12.1 Å². The minimum absolute atomic E-state index is 0.113. The van der Waals surface area contributed by atoms with Gasteiger partial charge in [-0.3, -0.25) is 14.6 Å². The van der Waals surface area contributed by atoms with E-state index < -0.39 is 0 Å². The Labute approximate surface area is 239 Å². The summed E-state index contributed by atoms with van der Waals surface area (Å²) in [6.07, 6.45) is 20.0. The number of hydrogen-bond acceptors (Lipinski definition) is 7. The molecule has 230 valence electrons. The summed E-state index contributed by atoms with van der Waals surface area (Å²) < 4.78 is 10.0. The van der Waals surface area contributed by atoms with Gasteiger partial charge < -0.3 is 19.9 Å². The predicted molar refractivity (Wildman–Crippen MR) is 159 cm³/mol. The molecule has 8 nitrogen and oxygen atoms in total. The average Bonchev–Trinajstić information content (AvgIpc) is 2.95. The molecule has 2 N–H and O–H groups in total. The lowest BCUT2D eigenvalue weighted by atomic mass is 9.94. The zero-order valence-electron chi connectivity index (χ0n) is 25.4. The smallest absolute Gasteiger partial charge is 0.407 e. The van der Waals surface area contributed by atoms with Gasteiger partial charge in [-0.25, -0.2) is 4.79 Å². The molecule has 0 radical (unpaired) electrons. The van der Waals surface area contributed by atoms with Crippen molar-refractivity contribution in [2.75, 3.05) is 59.6 Å². The number of esters is 1. The second-order valence-corrected chi connectivity index (χ2v) is 11.2. The number of aliphatic hydroxyl groups is 1. The fourth-order valence-corrected chi connectivity index (χ4v) is 5.46. The molecule has 0 aliphatic heterocycles. The molecule has 1 aliphatic carbocycles. The Hall–Kier alpha value is -1.38. The number of hydrogen-bond donors (Lipinski definition) is 2. The molecule has 0 spiro atoms. The SMILES string of the molecule is CCCCCCCCOC(=O)NCCCCCN(CCO)CCN(CCCCCC(=O)OC)C1CCCCC1. The minimum atomic E-state index is -0.293. The first kappa shape index (κ1) is 35.6. The third-order valence-electron chi connectivity index (χ3n) is 7.92. The van der Waals surface area contributed by atoms with Crippen LogP contribution in [0.15, 0.2) is 0 Å². The van der Waals surface area contributed by atoms with E-state index >= 15 is 0 Å². The molecule has 1 rings (SSSR count). The van der Waals surface area contributed by atoms with E-state index in [9.17, 15) is 14.7 Å². The van der Waals surface area contributed by atoms with Crippen LogP contribution in [0.4, 0.5) is 4.79 Å². The number of methoxy groups -OCH3 is 1. The van der Waals surface area contributed by atoms with Crippen molar-refractivity contribution in [2.45, 2.75) is 129 Å². The molecule has 1 aliphatic rings. The maximum atomic E-state index is 11.8. The second kappa shape index (κ2) is 25.6. The van der Waals surface area contributed by atoms with Crippen molar-refractivity contribution in [1.82, 2.24) is 15.1 Å². The number of nitrogens with zero attached hydrogens (tertiary/aromatic N) is 2. The zero-order chi connectivity index (χ0) is 28.4. The standard InChI is InChI=1S/C31H61N3O5/c1-3-4-5-6-7-17-28-39-31(37)32-21-14-10-15-22-33(26-27-35)24-25-34(29-18-11-8-12-19-29)23-16-9-13-20-30(36)38-2/h29,35H,3-28H2,1-2H3,(H,32,37). The fraction of sp³-hybridized carbons (Fsp3) is 0.935. The van der Waals surface area contributed by atoms with Crippen LogP contribution < -0.4 is 5.32 Å². The number of rotatable bonds is 25. The van der Waals surface area contributed by atoms with Crippen LogP contribution in [0.5, 0.6) is 0 Å². The first-order valence-corrected chi connectivity index (χ1v) is 16.1. The zero-order valence-corrected chi connectivity index (χ0v) is 25.4. The van der Waals surface area contributed by atoms with Gasteiger partial charge in [0.25, 0.3) is 0 Å². The van der Waals surface area contributed by atoms with Crippen molar-refractivity contribution in [1.29, 1.82) is 0 Å². The largest absolute Gasteiger partial charge is 0.469 e. The van der Waals surface area contributed by atoms with Gasteiger partial charge in [-0.05, 0) is 58.0 Å². The normalized spacial score (nSPS) is 14.2. The number of nitrogens with one attached hydrogen (secondary N) is 1. The summed E-state index contributed by atoms with van der Waals surface area (Å²) >= 11 is 0. The molecule has 0 unspecified atom stereocenters. The highest BCUT2D eigenvalue weighted by Crippen LogP contribution is 2.23. The molecule has 1 fully saturated rings. The van der Waals surface area contributed by atoms with E-state index in [1.54, 1.807) is 0 Å². The van der Waals surface area contributed by atoms with Crippen LogP contribution in [-0.4, -0.2) is 92.6 Å². The van der Waals surface area contributed by atoms with Gasteiger partial charge in [0.1, 0.15) is 0 Å². The Morgan fingerprint density at radius 2 is 1.49 bits per heavy atom.